The second-order valence-electron chi connectivity index (χ2n) is 6.45. The summed E-state index contributed by atoms with van der Waals surface area (Å²) in [5.74, 6) is 0.887. The van der Waals surface area contributed by atoms with Crippen molar-refractivity contribution in [3.63, 3.8) is 0 Å². The van der Waals surface area contributed by atoms with Crippen molar-refractivity contribution in [1.82, 2.24) is 25.2 Å². The van der Waals surface area contributed by atoms with Gasteiger partial charge in [-0.3, -0.25) is 4.98 Å². The molecule has 25 heavy (non-hydrogen) atoms. The van der Waals surface area contributed by atoms with Gasteiger partial charge in [0, 0.05) is 50.1 Å². The van der Waals surface area contributed by atoms with Gasteiger partial charge in [0.05, 0.1) is 5.69 Å². The Bertz CT molecular complexity index is 719. The van der Waals surface area contributed by atoms with Crippen LogP contribution in [-0.4, -0.2) is 45.0 Å². The molecule has 7 nitrogen and oxygen atoms in total. The fourth-order valence-electron chi connectivity index (χ4n) is 2.92. The van der Waals surface area contributed by atoms with E-state index in [-0.39, 0.29) is 6.03 Å². The van der Waals surface area contributed by atoms with Crippen LogP contribution in [0.3, 0.4) is 0 Å². The molecule has 0 aromatic carbocycles. The van der Waals surface area contributed by atoms with Gasteiger partial charge in [-0.2, -0.15) is 0 Å². The van der Waals surface area contributed by atoms with Crippen LogP contribution < -0.4 is 10.6 Å². The van der Waals surface area contributed by atoms with Gasteiger partial charge in [0.2, 0.25) is 0 Å². The van der Waals surface area contributed by atoms with Crippen LogP contribution >= 0.6 is 0 Å². The number of carbonyl (C=O) groups is 1. The molecule has 2 N–H and O–H groups in total. The number of hydrogen-bond donors (Lipinski definition) is 2. The van der Waals surface area contributed by atoms with Crippen molar-refractivity contribution in [3.05, 3.63) is 47.7 Å². The summed E-state index contributed by atoms with van der Waals surface area (Å²) in [6, 6.07) is 4.07. The molecule has 0 bridgehead atoms. The zero-order valence-electron chi connectivity index (χ0n) is 14.7. The predicted molar refractivity (Wildman–Crippen MR) is 96.2 cm³/mol. The number of anilines is 1. The number of pyridine rings is 1. The standard InChI is InChI=1S/C18H24N6O/c1-13(2)23-17-15-5-8-24(9-6-16(15)21-12-22-17)18(25)20-11-14-4-3-7-19-10-14/h3-4,7,10,12-13H,5-6,8-9,11H2,1-2H3,(H,20,25)(H,21,22,23). The molecule has 0 atom stereocenters. The number of nitrogens with one attached hydrogen (secondary N) is 2. The maximum absolute atomic E-state index is 12.5. The molecule has 132 valence electrons. The third kappa shape index (κ3) is 4.43. The van der Waals surface area contributed by atoms with E-state index in [9.17, 15) is 4.79 Å². The van der Waals surface area contributed by atoms with Crippen molar-refractivity contribution in [2.24, 2.45) is 0 Å². The number of fused-ring (bicyclic) bond motifs is 1. The smallest absolute Gasteiger partial charge is 0.317 e. The summed E-state index contributed by atoms with van der Waals surface area (Å²) in [6.07, 6.45) is 6.58. The highest BCUT2D eigenvalue weighted by atomic mass is 16.2. The monoisotopic (exact) mass is 340 g/mol. The van der Waals surface area contributed by atoms with Gasteiger partial charge in [0.15, 0.2) is 0 Å². The number of amides is 2. The first-order valence-electron chi connectivity index (χ1n) is 8.64. The van der Waals surface area contributed by atoms with E-state index in [1.54, 1.807) is 18.7 Å². The third-order valence-electron chi connectivity index (χ3n) is 4.16. The normalized spacial score (nSPS) is 14.0. The van der Waals surface area contributed by atoms with Crippen molar-refractivity contribution in [3.8, 4) is 0 Å². The highest BCUT2D eigenvalue weighted by Crippen LogP contribution is 2.21. The fourth-order valence-corrected chi connectivity index (χ4v) is 2.92. The van der Waals surface area contributed by atoms with Crippen LogP contribution in [0.4, 0.5) is 10.6 Å². The molecule has 0 unspecified atom stereocenters. The molecular weight excluding hydrogens is 316 g/mol. The van der Waals surface area contributed by atoms with Gasteiger partial charge in [0.25, 0.3) is 0 Å². The maximum Gasteiger partial charge on any atom is 0.317 e. The summed E-state index contributed by atoms with van der Waals surface area (Å²) in [4.78, 5) is 27.2. The van der Waals surface area contributed by atoms with E-state index < -0.39 is 0 Å². The van der Waals surface area contributed by atoms with E-state index in [2.05, 4.69) is 39.4 Å². The van der Waals surface area contributed by atoms with Gasteiger partial charge in [-0.25, -0.2) is 14.8 Å². The van der Waals surface area contributed by atoms with Crippen molar-refractivity contribution >= 4 is 11.8 Å². The molecule has 3 rings (SSSR count). The van der Waals surface area contributed by atoms with Crippen molar-refractivity contribution in [2.45, 2.75) is 39.3 Å². The van der Waals surface area contributed by atoms with E-state index in [1.165, 1.54) is 0 Å². The molecule has 2 amide bonds. The Morgan fingerprint density at radius 1 is 1.28 bits per heavy atom. The quantitative estimate of drug-likeness (QED) is 0.889. The molecule has 1 aliphatic rings. The SMILES string of the molecule is CC(C)Nc1ncnc2c1CCN(C(=O)NCc1cccnc1)CC2. The Morgan fingerprint density at radius 2 is 2.12 bits per heavy atom. The average Bonchev–Trinajstić information content (AvgIpc) is 2.84. The van der Waals surface area contributed by atoms with Crippen molar-refractivity contribution in [1.29, 1.82) is 0 Å². The molecule has 2 aromatic rings. The third-order valence-corrected chi connectivity index (χ3v) is 4.16. The van der Waals surface area contributed by atoms with Gasteiger partial charge in [-0.1, -0.05) is 6.07 Å². The van der Waals surface area contributed by atoms with Gasteiger partial charge in [-0.15, -0.1) is 0 Å². The second-order valence-corrected chi connectivity index (χ2v) is 6.45. The van der Waals surface area contributed by atoms with E-state index in [1.807, 2.05) is 17.0 Å². The van der Waals surface area contributed by atoms with Gasteiger partial charge >= 0.3 is 6.03 Å². The Morgan fingerprint density at radius 3 is 2.88 bits per heavy atom. The van der Waals surface area contributed by atoms with Crippen LogP contribution in [0, 0.1) is 0 Å². The molecule has 3 heterocycles. The van der Waals surface area contributed by atoms with Crippen LogP contribution in [0.5, 0.6) is 0 Å². The highest BCUT2D eigenvalue weighted by molar-refractivity contribution is 5.74. The number of nitrogens with zero attached hydrogens (tertiary/aromatic N) is 4. The lowest BCUT2D eigenvalue weighted by molar-refractivity contribution is 0.200. The van der Waals surface area contributed by atoms with E-state index in [0.717, 1.165) is 35.5 Å². The first-order valence-corrected chi connectivity index (χ1v) is 8.64. The Labute approximate surface area is 147 Å². The average molecular weight is 340 g/mol. The summed E-state index contributed by atoms with van der Waals surface area (Å²) in [6.45, 7) is 5.97. The summed E-state index contributed by atoms with van der Waals surface area (Å²) in [5.41, 5.74) is 3.14. The lowest BCUT2D eigenvalue weighted by Gasteiger charge is -2.20. The molecule has 0 radical (unpaired) electrons. The minimum atomic E-state index is -0.0528. The number of aromatic nitrogens is 3. The minimum Gasteiger partial charge on any atom is -0.368 e. The van der Waals surface area contributed by atoms with E-state index in [4.69, 9.17) is 0 Å². The summed E-state index contributed by atoms with van der Waals surface area (Å²) < 4.78 is 0. The van der Waals surface area contributed by atoms with Crippen LogP contribution in [0.2, 0.25) is 0 Å². The Hall–Kier alpha value is -2.70. The van der Waals surface area contributed by atoms with Gasteiger partial charge in [0.1, 0.15) is 12.1 Å². The van der Waals surface area contributed by atoms with Gasteiger partial charge < -0.3 is 15.5 Å². The molecule has 0 aliphatic carbocycles. The van der Waals surface area contributed by atoms with Crippen LogP contribution in [0.25, 0.3) is 0 Å². The first-order chi connectivity index (χ1) is 12.1. The molecule has 1 aliphatic heterocycles. The molecule has 0 saturated carbocycles. The van der Waals surface area contributed by atoms with Crippen LogP contribution in [0.1, 0.15) is 30.7 Å². The van der Waals surface area contributed by atoms with E-state index in [0.29, 0.717) is 25.7 Å². The molecule has 0 fully saturated rings. The van der Waals surface area contributed by atoms with Crippen LogP contribution in [-0.2, 0) is 19.4 Å². The zero-order valence-corrected chi connectivity index (χ0v) is 14.7. The molecule has 2 aromatic heterocycles. The number of carbonyl (C=O) groups excluding carboxylic acids is 1. The largest absolute Gasteiger partial charge is 0.368 e. The predicted octanol–water partition coefficient (Wildman–Crippen LogP) is 2.00. The Kier molecular flexibility index (Phi) is 5.42. The first kappa shape index (κ1) is 17.1. The zero-order chi connectivity index (χ0) is 17.6. The topological polar surface area (TPSA) is 83.0 Å². The fraction of sp³-hybridized carbons (Fsp3) is 0.444. The Balaban J connectivity index is 1.62. The number of hydrogen-bond acceptors (Lipinski definition) is 5. The summed E-state index contributed by atoms with van der Waals surface area (Å²) in [5, 5.41) is 6.34. The minimum absolute atomic E-state index is 0.0528. The van der Waals surface area contributed by atoms with Crippen molar-refractivity contribution < 1.29 is 4.79 Å². The van der Waals surface area contributed by atoms with Gasteiger partial charge in [-0.05, 0) is 31.9 Å². The number of urea groups is 1. The lowest BCUT2D eigenvalue weighted by Crippen LogP contribution is -2.41. The summed E-state index contributed by atoms with van der Waals surface area (Å²) >= 11 is 0. The lowest BCUT2D eigenvalue weighted by atomic mass is 10.1. The molecular formula is C18H24N6O. The van der Waals surface area contributed by atoms with E-state index >= 15 is 0 Å². The molecule has 7 heteroatoms. The maximum atomic E-state index is 12.5. The highest BCUT2D eigenvalue weighted by Gasteiger charge is 2.21. The molecule has 0 spiro atoms. The van der Waals surface area contributed by atoms with Crippen LogP contribution in [0.15, 0.2) is 30.9 Å². The number of rotatable bonds is 4. The van der Waals surface area contributed by atoms with Crippen molar-refractivity contribution in [2.75, 3.05) is 18.4 Å². The molecule has 0 saturated heterocycles. The summed E-state index contributed by atoms with van der Waals surface area (Å²) in [7, 11) is 0. The second kappa shape index (κ2) is 7.92.